The van der Waals surface area contributed by atoms with Crippen LogP contribution in [0.5, 0.6) is 5.75 Å². The molecule has 0 fully saturated rings. The maximum Gasteiger partial charge on any atom is 0.118 e. The Morgan fingerprint density at radius 3 is 2.48 bits per heavy atom. The lowest BCUT2D eigenvalue weighted by molar-refractivity contribution is 0.178. The number of halogens is 1. The minimum atomic E-state index is -0.509. The Labute approximate surface area is 134 Å². The summed E-state index contributed by atoms with van der Waals surface area (Å²) in [5.74, 6) is 1.24. The fourth-order valence-corrected chi connectivity index (χ4v) is 3.14. The maximum absolute atomic E-state index is 10.1. The van der Waals surface area contributed by atoms with Gasteiger partial charge in [0.25, 0.3) is 0 Å². The van der Waals surface area contributed by atoms with Gasteiger partial charge in [-0.05, 0) is 35.7 Å². The Morgan fingerprint density at radius 1 is 1.19 bits per heavy atom. The second kappa shape index (κ2) is 7.80. The fourth-order valence-electron chi connectivity index (χ4n) is 2.09. The molecule has 2 N–H and O–H groups in total. The summed E-state index contributed by atoms with van der Waals surface area (Å²) in [6.07, 6.45) is -0.509. The molecule has 0 aliphatic heterocycles. The number of aliphatic hydroxyl groups is 1. The third kappa shape index (κ3) is 4.71. The third-order valence-corrected chi connectivity index (χ3v) is 4.73. The van der Waals surface area contributed by atoms with Crippen molar-refractivity contribution in [2.24, 2.45) is 0 Å². The van der Waals surface area contributed by atoms with E-state index in [-0.39, 0.29) is 0 Å². The first-order valence-electron chi connectivity index (χ1n) is 6.88. The Morgan fingerprint density at radius 2 is 1.90 bits per heavy atom. The van der Waals surface area contributed by atoms with E-state index < -0.39 is 6.10 Å². The molecule has 0 saturated heterocycles. The van der Waals surface area contributed by atoms with E-state index in [1.807, 2.05) is 24.3 Å². The van der Waals surface area contributed by atoms with E-state index in [0.29, 0.717) is 16.8 Å². The van der Waals surface area contributed by atoms with E-state index in [0.717, 1.165) is 17.2 Å². The van der Waals surface area contributed by atoms with Crippen LogP contribution in [-0.2, 0) is 0 Å². The van der Waals surface area contributed by atoms with Gasteiger partial charge in [-0.1, -0.05) is 30.7 Å². The molecule has 21 heavy (non-hydrogen) atoms. The van der Waals surface area contributed by atoms with Crippen LogP contribution in [0.1, 0.15) is 29.4 Å². The molecule has 2 atom stereocenters. The smallest absolute Gasteiger partial charge is 0.118 e. The van der Waals surface area contributed by atoms with Gasteiger partial charge in [-0.25, -0.2) is 0 Å². The van der Waals surface area contributed by atoms with Crippen LogP contribution < -0.4 is 10.1 Å². The molecule has 2 aromatic rings. The van der Waals surface area contributed by atoms with E-state index in [2.05, 4.69) is 24.4 Å². The number of hydrogen-bond acceptors (Lipinski definition) is 4. The van der Waals surface area contributed by atoms with Gasteiger partial charge in [-0.3, -0.25) is 0 Å². The first-order chi connectivity index (χ1) is 10.1. The van der Waals surface area contributed by atoms with Crippen molar-refractivity contribution in [3.05, 3.63) is 51.2 Å². The van der Waals surface area contributed by atoms with Crippen LogP contribution in [0.3, 0.4) is 0 Å². The molecule has 5 heteroatoms. The van der Waals surface area contributed by atoms with Gasteiger partial charge in [0, 0.05) is 18.0 Å². The van der Waals surface area contributed by atoms with Gasteiger partial charge in [-0.2, -0.15) is 0 Å². The molecule has 0 aliphatic rings. The predicted molar refractivity (Wildman–Crippen MR) is 88.6 cm³/mol. The van der Waals surface area contributed by atoms with Crippen molar-refractivity contribution in [3.63, 3.8) is 0 Å². The van der Waals surface area contributed by atoms with Crippen LogP contribution in [0.25, 0.3) is 0 Å². The molecule has 2 rings (SSSR count). The van der Waals surface area contributed by atoms with Gasteiger partial charge in [0.1, 0.15) is 11.9 Å². The highest BCUT2D eigenvalue weighted by Gasteiger charge is 2.11. The molecule has 0 spiro atoms. The molecule has 0 bridgehead atoms. The predicted octanol–water partition coefficient (Wildman–Crippen LogP) is 3.84. The van der Waals surface area contributed by atoms with E-state index in [1.54, 1.807) is 7.11 Å². The van der Waals surface area contributed by atoms with E-state index in [1.165, 1.54) is 16.9 Å². The van der Waals surface area contributed by atoms with Crippen LogP contribution in [0.4, 0.5) is 0 Å². The van der Waals surface area contributed by atoms with Gasteiger partial charge >= 0.3 is 0 Å². The van der Waals surface area contributed by atoms with E-state index >= 15 is 0 Å². The van der Waals surface area contributed by atoms with Crippen LogP contribution >= 0.6 is 22.9 Å². The minimum absolute atomic E-state index is 0.370. The molecule has 2 unspecified atom stereocenters. The number of ether oxygens (including phenoxy) is 1. The molecular formula is C16H20ClNO2S. The summed E-state index contributed by atoms with van der Waals surface area (Å²) >= 11 is 7.29. The van der Waals surface area contributed by atoms with Crippen molar-refractivity contribution in [1.82, 2.24) is 5.32 Å². The first-order valence-corrected chi connectivity index (χ1v) is 8.07. The van der Waals surface area contributed by atoms with Gasteiger partial charge in [-0.15, -0.1) is 11.3 Å². The summed E-state index contributed by atoms with van der Waals surface area (Å²) in [4.78, 5) is 0.893. The summed E-state index contributed by atoms with van der Waals surface area (Å²) in [5.41, 5.74) is 1.25. The lowest BCUT2D eigenvalue weighted by Gasteiger charge is -2.15. The van der Waals surface area contributed by atoms with Crippen LogP contribution in [0.2, 0.25) is 4.34 Å². The summed E-state index contributed by atoms with van der Waals surface area (Å²) in [7, 11) is 1.66. The molecule has 114 valence electrons. The van der Waals surface area contributed by atoms with Crippen LogP contribution in [-0.4, -0.2) is 25.3 Å². The quantitative estimate of drug-likeness (QED) is 0.812. The molecule has 1 heterocycles. The zero-order chi connectivity index (χ0) is 15.2. The minimum Gasteiger partial charge on any atom is -0.497 e. The van der Waals surface area contributed by atoms with Gasteiger partial charge in [0.15, 0.2) is 0 Å². The largest absolute Gasteiger partial charge is 0.497 e. The lowest BCUT2D eigenvalue weighted by atomic mass is 10.0. The van der Waals surface area contributed by atoms with Gasteiger partial charge < -0.3 is 15.2 Å². The zero-order valence-corrected chi connectivity index (χ0v) is 13.7. The molecule has 0 saturated carbocycles. The summed E-state index contributed by atoms with van der Waals surface area (Å²) < 4.78 is 5.86. The number of methoxy groups -OCH3 is 1. The first kappa shape index (κ1) is 16.3. The second-order valence-corrected chi connectivity index (χ2v) is 6.74. The number of thiophene rings is 1. The van der Waals surface area contributed by atoms with E-state index in [9.17, 15) is 5.11 Å². The van der Waals surface area contributed by atoms with Crippen molar-refractivity contribution in [1.29, 1.82) is 0 Å². The monoisotopic (exact) mass is 325 g/mol. The number of nitrogens with one attached hydrogen (secondary N) is 1. The topological polar surface area (TPSA) is 41.5 Å². The summed E-state index contributed by atoms with van der Waals surface area (Å²) in [6, 6.07) is 11.8. The summed E-state index contributed by atoms with van der Waals surface area (Å²) in [5, 5.41) is 13.4. The summed E-state index contributed by atoms with van der Waals surface area (Å²) in [6.45, 7) is 3.49. The number of benzene rings is 1. The van der Waals surface area contributed by atoms with Crippen LogP contribution in [0, 0.1) is 0 Å². The highest BCUT2D eigenvalue weighted by atomic mass is 35.5. The lowest BCUT2D eigenvalue weighted by Crippen LogP contribution is -2.25. The van der Waals surface area contributed by atoms with Crippen molar-refractivity contribution >= 4 is 22.9 Å². The number of aliphatic hydroxyl groups excluding tert-OH is 1. The Balaban J connectivity index is 1.79. The SMILES string of the molecule is COc1ccc(C(C)CNCC(O)c2ccc(Cl)s2)cc1. The van der Waals surface area contributed by atoms with Crippen molar-refractivity contribution < 1.29 is 9.84 Å². The molecule has 3 nitrogen and oxygen atoms in total. The molecule has 0 aliphatic carbocycles. The molecule has 0 amide bonds. The van der Waals surface area contributed by atoms with Crippen LogP contribution in [0.15, 0.2) is 36.4 Å². The molecule has 1 aromatic carbocycles. The average Bonchev–Trinajstić information content (AvgIpc) is 2.94. The third-order valence-electron chi connectivity index (χ3n) is 3.40. The number of hydrogen-bond donors (Lipinski definition) is 2. The Kier molecular flexibility index (Phi) is 6.06. The highest BCUT2D eigenvalue weighted by molar-refractivity contribution is 7.16. The average molecular weight is 326 g/mol. The maximum atomic E-state index is 10.1. The van der Waals surface area contributed by atoms with Crippen molar-refractivity contribution in [2.45, 2.75) is 18.9 Å². The van der Waals surface area contributed by atoms with Crippen molar-refractivity contribution in [2.75, 3.05) is 20.2 Å². The van der Waals surface area contributed by atoms with Gasteiger partial charge in [0.2, 0.25) is 0 Å². The molecular weight excluding hydrogens is 306 g/mol. The van der Waals surface area contributed by atoms with Crippen molar-refractivity contribution in [3.8, 4) is 5.75 Å². The second-order valence-electron chi connectivity index (χ2n) is 4.99. The standard InChI is InChI=1S/C16H20ClNO2S/c1-11(12-3-5-13(20-2)6-4-12)9-18-10-14(19)15-7-8-16(17)21-15/h3-8,11,14,18-19H,9-10H2,1-2H3. The Bertz CT molecular complexity index is 556. The number of rotatable bonds is 7. The zero-order valence-electron chi connectivity index (χ0n) is 12.2. The Hall–Kier alpha value is -1.07. The fraction of sp³-hybridized carbons (Fsp3) is 0.375. The molecule has 1 aromatic heterocycles. The molecule has 0 radical (unpaired) electrons. The highest BCUT2D eigenvalue weighted by Crippen LogP contribution is 2.26. The van der Waals surface area contributed by atoms with Gasteiger partial charge in [0.05, 0.1) is 11.4 Å². The van der Waals surface area contributed by atoms with E-state index in [4.69, 9.17) is 16.3 Å². The normalized spacial score (nSPS) is 13.9.